The summed E-state index contributed by atoms with van der Waals surface area (Å²) in [4.78, 5) is 13.2. The van der Waals surface area contributed by atoms with Crippen LogP contribution in [0.25, 0.3) is 33.4 Å². The smallest absolute Gasteiger partial charge is 0.238 e. The maximum Gasteiger partial charge on any atom is 0.238 e. The van der Waals surface area contributed by atoms with Crippen LogP contribution in [-0.4, -0.2) is 23.4 Å². The van der Waals surface area contributed by atoms with Gasteiger partial charge in [-0.1, -0.05) is 12.1 Å². The van der Waals surface area contributed by atoms with Crippen molar-refractivity contribution in [3.05, 3.63) is 73.2 Å². The van der Waals surface area contributed by atoms with Gasteiger partial charge in [0.25, 0.3) is 0 Å². The predicted molar refractivity (Wildman–Crippen MR) is 99.6 cm³/mol. The average Bonchev–Trinajstić information content (AvgIpc) is 2.67. The van der Waals surface area contributed by atoms with Crippen LogP contribution in [0.3, 0.4) is 0 Å². The third-order valence-corrected chi connectivity index (χ3v) is 4.94. The Morgan fingerprint density at radius 1 is 0.846 bits per heavy atom. The fraction of sp³-hybridized carbons (Fsp3) is 0. The molecule has 0 saturated carbocycles. The number of hydrogen-bond acceptors (Lipinski definition) is 5. The summed E-state index contributed by atoms with van der Waals surface area (Å²) in [5.74, 6) is 0. The minimum atomic E-state index is -3.77. The second kappa shape index (κ2) is 6.29. The molecule has 0 bridgehead atoms. The first-order valence-electron chi connectivity index (χ1n) is 7.82. The fourth-order valence-corrected chi connectivity index (χ4v) is 3.34. The highest BCUT2D eigenvalue weighted by Crippen LogP contribution is 2.28. The van der Waals surface area contributed by atoms with Crippen LogP contribution in [0.15, 0.2) is 78.1 Å². The molecule has 26 heavy (non-hydrogen) atoms. The Labute approximate surface area is 150 Å². The van der Waals surface area contributed by atoms with Gasteiger partial charge >= 0.3 is 0 Å². The number of benzene rings is 1. The molecule has 0 atom stereocenters. The molecule has 3 heterocycles. The van der Waals surface area contributed by atoms with Crippen molar-refractivity contribution in [1.29, 1.82) is 0 Å². The van der Waals surface area contributed by atoms with Gasteiger partial charge in [0, 0.05) is 29.7 Å². The molecular formula is C19H14N4O2S. The quantitative estimate of drug-likeness (QED) is 0.604. The van der Waals surface area contributed by atoms with E-state index in [2.05, 4.69) is 9.97 Å². The van der Waals surface area contributed by atoms with E-state index in [9.17, 15) is 8.42 Å². The molecule has 4 rings (SSSR count). The van der Waals surface area contributed by atoms with Crippen molar-refractivity contribution in [1.82, 2.24) is 15.0 Å². The summed E-state index contributed by atoms with van der Waals surface area (Å²) in [5.41, 5.74) is 4.72. The molecule has 0 amide bonds. The summed E-state index contributed by atoms with van der Waals surface area (Å²) in [5, 5.41) is 5.23. The molecule has 1 aromatic carbocycles. The molecule has 4 aromatic rings. The van der Waals surface area contributed by atoms with Crippen molar-refractivity contribution in [2.75, 3.05) is 0 Å². The molecule has 2 N–H and O–H groups in total. The first kappa shape index (κ1) is 16.3. The highest BCUT2D eigenvalue weighted by atomic mass is 32.2. The summed E-state index contributed by atoms with van der Waals surface area (Å²) in [6.45, 7) is 0. The normalized spacial score (nSPS) is 11.6. The Morgan fingerprint density at radius 2 is 1.65 bits per heavy atom. The van der Waals surface area contributed by atoms with E-state index in [0.717, 1.165) is 22.2 Å². The molecule has 0 aliphatic heterocycles. The lowest BCUT2D eigenvalue weighted by Crippen LogP contribution is -2.11. The Balaban J connectivity index is 1.91. The zero-order valence-electron chi connectivity index (χ0n) is 13.6. The zero-order valence-corrected chi connectivity index (χ0v) is 14.4. The van der Waals surface area contributed by atoms with Crippen molar-refractivity contribution >= 4 is 21.1 Å². The topological polar surface area (TPSA) is 98.8 Å². The number of sulfonamides is 1. The van der Waals surface area contributed by atoms with Gasteiger partial charge in [-0.15, -0.1) is 0 Å². The Hall–Kier alpha value is -3.16. The van der Waals surface area contributed by atoms with Crippen LogP contribution >= 0.6 is 0 Å². The summed E-state index contributed by atoms with van der Waals surface area (Å²) in [7, 11) is -3.77. The van der Waals surface area contributed by atoms with Gasteiger partial charge in [0.2, 0.25) is 10.0 Å². The molecule has 0 fully saturated rings. The second-order valence-corrected chi connectivity index (χ2v) is 7.29. The first-order chi connectivity index (χ1) is 12.5. The molecular weight excluding hydrogens is 348 g/mol. The number of fused-ring (bicyclic) bond motifs is 1. The molecule has 0 aliphatic carbocycles. The summed E-state index contributed by atoms with van der Waals surface area (Å²) < 4.78 is 23.2. The zero-order chi connectivity index (χ0) is 18.1. The summed E-state index contributed by atoms with van der Waals surface area (Å²) >= 11 is 0. The molecule has 6 nitrogen and oxygen atoms in total. The molecule has 7 heteroatoms. The van der Waals surface area contributed by atoms with Gasteiger partial charge < -0.3 is 0 Å². The maximum absolute atomic E-state index is 11.6. The SMILES string of the molecule is NS(=O)(=O)c1cccc(-c2ccc3nccc(-c4ccncc4)c3n2)c1. The Kier molecular flexibility index (Phi) is 3.95. The third-order valence-electron chi connectivity index (χ3n) is 4.03. The van der Waals surface area contributed by atoms with Gasteiger partial charge in [0.15, 0.2) is 0 Å². The van der Waals surface area contributed by atoms with Crippen molar-refractivity contribution in [2.45, 2.75) is 4.90 Å². The van der Waals surface area contributed by atoms with Crippen molar-refractivity contribution in [3.8, 4) is 22.4 Å². The van der Waals surface area contributed by atoms with Crippen molar-refractivity contribution in [2.24, 2.45) is 5.14 Å². The number of primary sulfonamides is 1. The van der Waals surface area contributed by atoms with E-state index in [1.807, 2.05) is 30.3 Å². The number of pyridine rings is 3. The van der Waals surface area contributed by atoms with Gasteiger partial charge in [0.05, 0.1) is 21.6 Å². The molecule has 128 valence electrons. The predicted octanol–water partition coefficient (Wildman–Crippen LogP) is 3.01. The number of rotatable bonds is 3. The largest absolute Gasteiger partial charge is 0.265 e. The second-order valence-electron chi connectivity index (χ2n) is 5.73. The van der Waals surface area contributed by atoms with E-state index in [-0.39, 0.29) is 4.90 Å². The monoisotopic (exact) mass is 362 g/mol. The number of nitrogens with zero attached hydrogens (tertiary/aromatic N) is 3. The molecule has 0 unspecified atom stereocenters. The van der Waals surface area contributed by atoms with Crippen LogP contribution in [0.5, 0.6) is 0 Å². The maximum atomic E-state index is 11.6. The highest BCUT2D eigenvalue weighted by molar-refractivity contribution is 7.89. The van der Waals surface area contributed by atoms with Crippen LogP contribution in [0.2, 0.25) is 0 Å². The number of aromatic nitrogens is 3. The van der Waals surface area contributed by atoms with Crippen molar-refractivity contribution < 1.29 is 8.42 Å². The van der Waals surface area contributed by atoms with E-state index in [0.29, 0.717) is 11.3 Å². The minimum Gasteiger partial charge on any atom is -0.265 e. The lowest BCUT2D eigenvalue weighted by Gasteiger charge is -2.08. The van der Waals surface area contributed by atoms with Crippen LogP contribution in [0.4, 0.5) is 0 Å². The minimum absolute atomic E-state index is 0.0532. The summed E-state index contributed by atoms with van der Waals surface area (Å²) in [6.07, 6.45) is 5.18. The highest BCUT2D eigenvalue weighted by Gasteiger charge is 2.11. The standard InChI is InChI=1S/C19H14N4O2S/c20-26(24,25)15-3-1-2-14(12-15)17-4-5-18-19(23-17)16(8-11-22-18)13-6-9-21-10-7-13/h1-12H,(H2,20,24,25). The first-order valence-corrected chi connectivity index (χ1v) is 9.36. The van der Waals surface area contributed by atoms with Gasteiger partial charge in [-0.3, -0.25) is 9.97 Å². The lowest BCUT2D eigenvalue weighted by molar-refractivity contribution is 0.598. The van der Waals surface area contributed by atoms with E-state index >= 15 is 0 Å². The molecule has 0 aliphatic rings. The van der Waals surface area contributed by atoms with E-state index in [1.165, 1.54) is 12.1 Å². The van der Waals surface area contributed by atoms with E-state index in [1.54, 1.807) is 30.7 Å². The molecule has 3 aromatic heterocycles. The van der Waals surface area contributed by atoms with Crippen molar-refractivity contribution in [3.63, 3.8) is 0 Å². The molecule has 0 saturated heterocycles. The molecule has 0 spiro atoms. The van der Waals surface area contributed by atoms with E-state index in [4.69, 9.17) is 10.1 Å². The van der Waals surface area contributed by atoms with Gasteiger partial charge in [-0.05, 0) is 48.0 Å². The Morgan fingerprint density at radius 3 is 2.42 bits per heavy atom. The number of nitrogens with two attached hydrogens (primary N) is 1. The number of hydrogen-bond donors (Lipinski definition) is 1. The van der Waals surface area contributed by atoms with Crippen LogP contribution < -0.4 is 5.14 Å². The van der Waals surface area contributed by atoms with Gasteiger partial charge in [-0.25, -0.2) is 18.5 Å². The Bertz CT molecular complexity index is 1210. The van der Waals surface area contributed by atoms with Crippen LogP contribution in [0.1, 0.15) is 0 Å². The van der Waals surface area contributed by atoms with Gasteiger partial charge in [0.1, 0.15) is 0 Å². The van der Waals surface area contributed by atoms with Crippen LogP contribution in [-0.2, 0) is 10.0 Å². The molecule has 0 radical (unpaired) electrons. The van der Waals surface area contributed by atoms with E-state index < -0.39 is 10.0 Å². The lowest BCUT2D eigenvalue weighted by atomic mass is 10.0. The average molecular weight is 362 g/mol. The van der Waals surface area contributed by atoms with Gasteiger partial charge in [-0.2, -0.15) is 0 Å². The van der Waals surface area contributed by atoms with Crippen LogP contribution in [0, 0.1) is 0 Å². The third kappa shape index (κ3) is 3.05. The summed E-state index contributed by atoms with van der Waals surface area (Å²) in [6, 6.07) is 15.8. The fourth-order valence-electron chi connectivity index (χ4n) is 2.78.